The van der Waals surface area contributed by atoms with Crippen molar-refractivity contribution < 1.29 is 9.13 Å². The molecule has 32 heavy (non-hydrogen) atoms. The molecule has 0 amide bonds. The summed E-state index contributed by atoms with van der Waals surface area (Å²) in [5.41, 5.74) is 10.1. The Hall–Kier alpha value is -2.80. The fourth-order valence-corrected chi connectivity index (χ4v) is 5.97. The zero-order valence-corrected chi connectivity index (χ0v) is 18.2. The molecule has 0 radical (unpaired) electrons. The van der Waals surface area contributed by atoms with Gasteiger partial charge in [-0.2, -0.15) is 9.97 Å². The smallest absolute Gasteiger partial charge is 0.319 e. The Morgan fingerprint density at radius 2 is 1.88 bits per heavy atom. The second-order valence-corrected chi connectivity index (χ2v) is 9.43. The summed E-state index contributed by atoms with van der Waals surface area (Å²) >= 11 is 0. The number of nitrogens with two attached hydrogens (primary N) is 1. The number of aromatic nitrogens is 3. The van der Waals surface area contributed by atoms with Gasteiger partial charge < -0.3 is 10.5 Å². The molecule has 6 rings (SSSR count). The van der Waals surface area contributed by atoms with E-state index in [4.69, 9.17) is 10.5 Å². The van der Waals surface area contributed by atoms with E-state index in [0.717, 1.165) is 50.8 Å². The van der Waals surface area contributed by atoms with Gasteiger partial charge in [-0.25, -0.2) is 4.39 Å². The van der Waals surface area contributed by atoms with Crippen molar-refractivity contribution in [3.05, 3.63) is 41.3 Å². The lowest BCUT2D eigenvalue weighted by Gasteiger charge is -2.31. The molecule has 4 heterocycles. The minimum Gasteiger partial charge on any atom is -0.461 e. The molecule has 1 aliphatic carbocycles. The molecule has 2 fully saturated rings. The molecule has 0 saturated carbocycles. The van der Waals surface area contributed by atoms with E-state index in [-0.39, 0.29) is 22.9 Å². The molecule has 6 nitrogen and oxygen atoms in total. The Morgan fingerprint density at radius 3 is 2.72 bits per heavy atom. The summed E-state index contributed by atoms with van der Waals surface area (Å²) in [4.78, 5) is 15.7. The number of rotatable bonds is 4. The van der Waals surface area contributed by atoms with Crippen molar-refractivity contribution in [3.8, 4) is 17.3 Å². The van der Waals surface area contributed by atoms with E-state index in [9.17, 15) is 0 Å². The van der Waals surface area contributed by atoms with E-state index < -0.39 is 5.82 Å². The molecular weight excluding hydrogens is 405 g/mol. The van der Waals surface area contributed by atoms with E-state index in [1.807, 2.05) is 12.1 Å². The Labute approximate surface area is 187 Å². The van der Waals surface area contributed by atoms with Gasteiger partial charge in [-0.1, -0.05) is 18.2 Å². The van der Waals surface area contributed by atoms with Gasteiger partial charge in [0.2, 0.25) is 0 Å². The van der Waals surface area contributed by atoms with Gasteiger partial charge in [0.25, 0.3) is 0 Å². The fourth-order valence-electron chi connectivity index (χ4n) is 5.97. The number of nitrogens with zero attached hydrogens (tertiary/aromatic N) is 4. The highest BCUT2D eigenvalue weighted by Crippen LogP contribution is 2.39. The third-order valence-corrected chi connectivity index (χ3v) is 7.63. The fraction of sp³-hybridized carbons (Fsp3) is 0.480. The highest BCUT2D eigenvalue weighted by atomic mass is 19.1. The van der Waals surface area contributed by atoms with Crippen molar-refractivity contribution in [2.45, 2.75) is 56.9 Å². The van der Waals surface area contributed by atoms with E-state index in [1.54, 1.807) is 6.20 Å². The lowest BCUT2D eigenvalue weighted by atomic mass is 9.87. The third-order valence-electron chi connectivity index (χ3n) is 7.63. The van der Waals surface area contributed by atoms with Crippen LogP contribution in [0.2, 0.25) is 0 Å². The van der Waals surface area contributed by atoms with Crippen molar-refractivity contribution in [2.24, 2.45) is 0 Å². The minimum atomic E-state index is -0.457. The second kappa shape index (κ2) is 7.66. The number of nitrogen functional groups attached to an aromatic ring is 1. The first kappa shape index (κ1) is 19.9. The van der Waals surface area contributed by atoms with Crippen molar-refractivity contribution in [1.29, 1.82) is 0 Å². The molecule has 3 aliphatic rings. The van der Waals surface area contributed by atoms with Gasteiger partial charge in [-0.3, -0.25) is 9.88 Å². The van der Waals surface area contributed by atoms with Crippen molar-refractivity contribution >= 4 is 16.7 Å². The summed E-state index contributed by atoms with van der Waals surface area (Å²) in [6.45, 7) is 2.76. The number of hydrogen-bond donors (Lipinski definition) is 1. The quantitative estimate of drug-likeness (QED) is 0.661. The summed E-state index contributed by atoms with van der Waals surface area (Å²) in [5, 5.41) is 0.421. The number of hydrogen-bond acceptors (Lipinski definition) is 6. The van der Waals surface area contributed by atoms with Crippen LogP contribution in [-0.2, 0) is 12.8 Å². The van der Waals surface area contributed by atoms with Crippen LogP contribution < -0.4 is 10.5 Å². The lowest BCUT2D eigenvalue weighted by molar-refractivity contribution is 0.108. The minimum absolute atomic E-state index is 0.0676. The zero-order chi connectivity index (χ0) is 21.7. The summed E-state index contributed by atoms with van der Waals surface area (Å²) in [6.07, 6.45) is 10.5. The number of aryl methyl sites for hydroxylation is 1. The molecule has 1 aromatic carbocycles. The number of fused-ring (bicyclic) bond motifs is 3. The second-order valence-electron chi connectivity index (χ2n) is 9.43. The number of ether oxygens (including phenoxy) is 1. The third kappa shape index (κ3) is 3.13. The Morgan fingerprint density at radius 1 is 1.06 bits per heavy atom. The predicted octanol–water partition coefficient (Wildman–Crippen LogP) is 4.30. The van der Waals surface area contributed by atoms with Gasteiger partial charge in [0.1, 0.15) is 23.6 Å². The van der Waals surface area contributed by atoms with E-state index in [2.05, 4.69) is 25.9 Å². The van der Waals surface area contributed by atoms with Crippen LogP contribution in [0.15, 0.2) is 24.4 Å². The molecule has 2 aromatic heterocycles. The number of pyridine rings is 1. The molecule has 7 heteroatoms. The van der Waals surface area contributed by atoms with E-state index >= 15 is 4.39 Å². The predicted molar refractivity (Wildman–Crippen MR) is 122 cm³/mol. The Bertz CT molecular complexity index is 1190. The maximum atomic E-state index is 15.8. The van der Waals surface area contributed by atoms with Crippen molar-refractivity contribution in [1.82, 2.24) is 19.9 Å². The van der Waals surface area contributed by atoms with E-state index in [0.29, 0.717) is 17.7 Å². The van der Waals surface area contributed by atoms with Crippen LogP contribution in [0.25, 0.3) is 22.2 Å². The highest BCUT2D eigenvalue weighted by Gasteiger charge is 2.45. The highest BCUT2D eigenvalue weighted by molar-refractivity contribution is 5.90. The topological polar surface area (TPSA) is 77.2 Å². The number of benzene rings is 1. The molecule has 3 aromatic rings. The summed E-state index contributed by atoms with van der Waals surface area (Å²) in [5.74, 6) is -0.257. The molecule has 0 unspecified atom stereocenters. The van der Waals surface area contributed by atoms with Crippen LogP contribution in [0.3, 0.4) is 0 Å². The van der Waals surface area contributed by atoms with Gasteiger partial charge in [-0.15, -0.1) is 0 Å². The number of halogens is 1. The largest absolute Gasteiger partial charge is 0.461 e. The van der Waals surface area contributed by atoms with Gasteiger partial charge in [-0.05, 0) is 75.6 Å². The molecule has 0 atom stereocenters. The van der Waals surface area contributed by atoms with E-state index in [1.165, 1.54) is 30.4 Å². The standard InChI is InChI=1S/C25H28FN5O/c26-20-21(18-9-3-7-16-6-1-2-8-17(16)18)28-14-19-22(20)29-24(30-23(19)27)32-15-25-10-4-12-31(25)13-5-11-25/h3,7,9,14H,1-2,4-6,8,10-13,15H2,(H2,27,29,30). The zero-order valence-electron chi connectivity index (χ0n) is 18.2. The maximum absolute atomic E-state index is 15.8. The molecule has 0 bridgehead atoms. The van der Waals surface area contributed by atoms with Crippen LogP contribution in [0.5, 0.6) is 6.01 Å². The average Bonchev–Trinajstić information content (AvgIpc) is 3.39. The van der Waals surface area contributed by atoms with Gasteiger partial charge >= 0.3 is 6.01 Å². The summed E-state index contributed by atoms with van der Waals surface area (Å²) < 4.78 is 21.8. The van der Waals surface area contributed by atoms with Gasteiger partial charge in [0, 0.05) is 11.8 Å². The van der Waals surface area contributed by atoms with Crippen LogP contribution in [0.1, 0.15) is 49.7 Å². The van der Waals surface area contributed by atoms with Gasteiger partial charge in [0.05, 0.1) is 10.9 Å². The molecule has 2 N–H and O–H groups in total. The summed E-state index contributed by atoms with van der Waals surface area (Å²) in [6, 6.07) is 6.23. The van der Waals surface area contributed by atoms with Crippen LogP contribution >= 0.6 is 0 Å². The molecule has 0 spiro atoms. The lowest BCUT2D eigenvalue weighted by Crippen LogP contribution is -2.43. The normalized spacial score (nSPS) is 19.8. The van der Waals surface area contributed by atoms with Crippen LogP contribution in [0, 0.1) is 5.82 Å². The summed E-state index contributed by atoms with van der Waals surface area (Å²) in [7, 11) is 0. The van der Waals surface area contributed by atoms with Crippen molar-refractivity contribution in [3.63, 3.8) is 0 Å². The van der Waals surface area contributed by atoms with Crippen molar-refractivity contribution in [2.75, 3.05) is 25.4 Å². The van der Waals surface area contributed by atoms with Crippen LogP contribution in [0.4, 0.5) is 10.2 Å². The first-order chi connectivity index (χ1) is 15.6. The molecular formula is C25H28FN5O. The first-order valence-corrected chi connectivity index (χ1v) is 11.8. The Kier molecular flexibility index (Phi) is 4.75. The monoisotopic (exact) mass is 433 g/mol. The first-order valence-electron chi connectivity index (χ1n) is 11.8. The average molecular weight is 434 g/mol. The van der Waals surface area contributed by atoms with Gasteiger partial charge in [0.15, 0.2) is 5.82 Å². The number of anilines is 1. The molecule has 2 aliphatic heterocycles. The Balaban J connectivity index is 1.37. The SMILES string of the molecule is Nc1nc(OCC23CCCN2CCC3)nc2c(F)c(-c3cccc4c3CCCC4)ncc12. The molecule has 2 saturated heterocycles. The van der Waals surface area contributed by atoms with Crippen LogP contribution in [-0.4, -0.2) is 45.1 Å². The molecule has 166 valence electrons. The maximum Gasteiger partial charge on any atom is 0.319 e.